The van der Waals surface area contributed by atoms with Crippen LogP contribution in [0.5, 0.6) is 0 Å². The highest BCUT2D eigenvalue weighted by Gasteiger charge is 2.05. The zero-order valence-corrected chi connectivity index (χ0v) is 12.0. The lowest BCUT2D eigenvalue weighted by Crippen LogP contribution is -2.03. The molecule has 0 bridgehead atoms. The third kappa shape index (κ3) is 3.55. The molecule has 2 heterocycles. The highest BCUT2D eigenvalue weighted by Crippen LogP contribution is 2.20. The Morgan fingerprint density at radius 1 is 1.00 bits per heavy atom. The van der Waals surface area contributed by atoms with Gasteiger partial charge in [-0.05, 0) is 11.6 Å². The summed E-state index contributed by atoms with van der Waals surface area (Å²) in [5, 5.41) is 3.65. The van der Waals surface area contributed by atoms with E-state index in [1.165, 1.54) is 0 Å². The van der Waals surface area contributed by atoms with Crippen molar-refractivity contribution in [2.24, 2.45) is 0 Å². The second-order valence-electron chi connectivity index (χ2n) is 4.48. The van der Waals surface area contributed by atoms with E-state index < -0.39 is 0 Å². The lowest BCUT2D eigenvalue weighted by atomic mass is 10.2. The summed E-state index contributed by atoms with van der Waals surface area (Å²) in [5.74, 6) is 1.30. The van der Waals surface area contributed by atoms with Crippen molar-refractivity contribution in [3.8, 4) is 11.4 Å². The highest BCUT2D eigenvalue weighted by molar-refractivity contribution is 6.29. The van der Waals surface area contributed by atoms with Gasteiger partial charge < -0.3 is 5.32 Å². The van der Waals surface area contributed by atoms with Crippen LogP contribution < -0.4 is 5.32 Å². The molecule has 0 radical (unpaired) electrons. The van der Waals surface area contributed by atoms with Crippen LogP contribution in [0.1, 0.15) is 5.56 Å². The number of benzene rings is 1. The first-order valence-electron chi connectivity index (χ1n) is 6.54. The maximum atomic E-state index is 6.08. The van der Waals surface area contributed by atoms with Crippen molar-refractivity contribution in [1.82, 2.24) is 15.0 Å². The topological polar surface area (TPSA) is 50.7 Å². The molecule has 0 saturated heterocycles. The van der Waals surface area contributed by atoms with E-state index in [1.807, 2.05) is 48.7 Å². The Hall–Kier alpha value is -2.46. The zero-order chi connectivity index (χ0) is 14.5. The molecule has 1 N–H and O–H groups in total. The molecule has 0 aliphatic heterocycles. The van der Waals surface area contributed by atoms with Gasteiger partial charge in [-0.25, -0.2) is 9.97 Å². The van der Waals surface area contributed by atoms with Gasteiger partial charge in [-0.15, -0.1) is 0 Å². The van der Waals surface area contributed by atoms with Gasteiger partial charge in [0.15, 0.2) is 5.82 Å². The lowest BCUT2D eigenvalue weighted by Gasteiger charge is -2.08. The van der Waals surface area contributed by atoms with Crippen molar-refractivity contribution in [1.29, 1.82) is 0 Å². The average molecular weight is 297 g/mol. The van der Waals surface area contributed by atoms with E-state index in [-0.39, 0.29) is 0 Å². The van der Waals surface area contributed by atoms with Gasteiger partial charge in [-0.1, -0.05) is 48.0 Å². The van der Waals surface area contributed by atoms with Gasteiger partial charge in [0, 0.05) is 30.6 Å². The Bertz CT molecular complexity index is 717. The third-order valence-corrected chi connectivity index (χ3v) is 3.12. The van der Waals surface area contributed by atoms with Crippen molar-refractivity contribution < 1.29 is 0 Å². The molecular weight excluding hydrogens is 284 g/mol. The Balaban J connectivity index is 1.82. The van der Waals surface area contributed by atoms with E-state index in [1.54, 1.807) is 12.3 Å². The second-order valence-corrected chi connectivity index (χ2v) is 4.87. The van der Waals surface area contributed by atoms with Gasteiger partial charge >= 0.3 is 0 Å². The van der Waals surface area contributed by atoms with Crippen LogP contribution in [0.15, 0.2) is 60.9 Å². The Morgan fingerprint density at radius 2 is 1.86 bits per heavy atom. The molecule has 3 rings (SSSR count). The molecule has 0 saturated carbocycles. The molecule has 5 heteroatoms. The highest BCUT2D eigenvalue weighted by atomic mass is 35.5. The first-order valence-corrected chi connectivity index (χ1v) is 6.92. The maximum absolute atomic E-state index is 6.08. The van der Waals surface area contributed by atoms with Gasteiger partial charge in [0.05, 0.1) is 0 Å². The molecule has 2 aromatic heterocycles. The fraction of sp³-hybridized carbons (Fsp3) is 0.0625. The molecule has 104 valence electrons. The van der Waals surface area contributed by atoms with Crippen LogP contribution in [0.25, 0.3) is 11.4 Å². The standard InChI is InChI=1S/C16H13ClN4/c17-14-9-15(19-11-12-5-4-8-18-10-12)21-16(20-14)13-6-2-1-3-7-13/h1-10H,11H2,(H,19,20,21). The summed E-state index contributed by atoms with van der Waals surface area (Å²) in [6, 6.07) is 15.4. The molecule has 21 heavy (non-hydrogen) atoms. The SMILES string of the molecule is Clc1cc(NCc2cccnc2)nc(-c2ccccc2)n1. The molecule has 0 unspecified atom stereocenters. The van der Waals surface area contributed by atoms with Crippen molar-refractivity contribution in [2.75, 3.05) is 5.32 Å². The predicted molar refractivity (Wildman–Crippen MR) is 84.0 cm³/mol. The summed E-state index contributed by atoms with van der Waals surface area (Å²) < 4.78 is 0. The average Bonchev–Trinajstić information content (AvgIpc) is 2.54. The van der Waals surface area contributed by atoms with Crippen molar-refractivity contribution in [3.63, 3.8) is 0 Å². The molecule has 0 aliphatic rings. The number of nitrogens with zero attached hydrogens (tertiary/aromatic N) is 3. The molecule has 0 amide bonds. The van der Waals surface area contributed by atoms with Gasteiger partial charge in [0.2, 0.25) is 0 Å². The number of hydrogen-bond donors (Lipinski definition) is 1. The molecule has 4 nitrogen and oxygen atoms in total. The Morgan fingerprint density at radius 3 is 2.62 bits per heavy atom. The quantitative estimate of drug-likeness (QED) is 0.744. The molecule has 0 aliphatic carbocycles. The monoisotopic (exact) mass is 296 g/mol. The van der Waals surface area contributed by atoms with Crippen LogP contribution in [-0.2, 0) is 6.54 Å². The van der Waals surface area contributed by atoms with Crippen LogP contribution in [-0.4, -0.2) is 15.0 Å². The van der Waals surface area contributed by atoms with E-state index in [2.05, 4.69) is 20.3 Å². The number of nitrogens with one attached hydrogen (secondary N) is 1. The summed E-state index contributed by atoms with van der Waals surface area (Å²) >= 11 is 6.08. The zero-order valence-electron chi connectivity index (χ0n) is 11.2. The van der Waals surface area contributed by atoms with Gasteiger partial charge in [0.25, 0.3) is 0 Å². The van der Waals surface area contributed by atoms with E-state index in [4.69, 9.17) is 11.6 Å². The fourth-order valence-corrected chi connectivity index (χ4v) is 2.10. The largest absolute Gasteiger partial charge is 0.366 e. The van der Waals surface area contributed by atoms with Crippen molar-refractivity contribution >= 4 is 17.4 Å². The molecule has 1 aromatic carbocycles. The smallest absolute Gasteiger partial charge is 0.163 e. The first-order chi connectivity index (χ1) is 10.3. The molecule has 0 atom stereocenters. The van der Waals surface area contributed by atoms with E-state index in [9.17, 15) is 0 Å². The summed E-state index contributed by atoms with van der Waals surface area (Å²) in [4.78, 5) is 12.8. The minimum atomic E-state index is 0.414. The number of anilines is 1. The minimum Gasteiger partial charge on any atom is -0.366 e. The van der Waals surface area contributed by atoms with Crippen LogP contribution >= 0.6 is 11.6 Å². The van der Waals surface area contributed by atoms with Gasteiger partial charge in [0.1, 0.15) is 11.0 Å². The summed E-state index contributed by atoms with van der Waals surface area (Å²) in [6.45, 7) is 0.634. The summed E-state index contributed by atoms with van der Waals surface area (Å²) in [7, 11) is 0. The Labute approximate surface area is 127 Å². The van der Waals surface area contributed by atoms with Crippen molar-refractivity contribution in [3.05, 3.63) is 71.6 Å². The first kappa shape index (κ1) is 13.5. The number of halogens is 1. The van der Waals surface area contributed by atoms with E-state index in [0.29, 0.717) is 23.3 Å². The second kappa shape index (κ2) is 6.33. The summed E-state index contributed by atoms with van der Waals surface area (Å²) in [6.07, 6.45) is 3.56. The third-order valence-electron chi connectivity index (χ3n) is 2.92. The molecule has 3 aromatic rings. The minimum absolute atomic E-state index is 0.414. The number of aromatic nitrogens is 3. The normalized spacial score (nSPS) is 10.3. The van der Waals surface area contributed by atoms with Crippen LogP contribution in [0.4, 0.5) is 5.82 Å². The van der Waals surface area contributed by atoms with Gasteiger partial charge in [-0.2, -0.15) is 0 Å². The maximum Gasteiger partial charge on any atom is 0.163 e. The van der Waals surface area contributed by atoms with Gasteiger partial charge in [-0.3, -0.25) is 4.98 Å². The molecule has 0 spiro atoms. The van der Waals surface area contributed by atoms with Crippen molar-refractivity contribution in [2.45, 2.75) is 6.54 Å². The molecular formula is C16H13ClN4. The number of rotatable bonds is 4. The van der Waals surface area contributed by atoms with E-state index in [0.717, 1.165) is 11.1 Å². The number of pyridine rings is 1. The fourth-order valence-electron chi connectivity index (χ4n) is 1.92. The Kier molecular flexibility index (Phi) is 4.07. The number of hydrogen-bond acceptors (Lipinski definition) is 4. The predicted octanol–water partition coefficient (Wildman–Crippen LogP) is 3.80. The molecule has 0 fully saturated rings. The van der Waals surface area contributed by atoms with E-state index >= 15 is 0 Å². The lowest BCUT2D eigenvalue weighted by molar-refractivity contribution is 1.07. The summed E-state index contributed by atoms with van der Waals surface area (Å²) in [5.41, 5.74) is 2.01. The van der Waals surface area contributed by atoms with Crippen LogP contribution in [0.2, 0.25) is 5.15 Å². The van der Waals surface area contributed by atoms with Crippen LogP contribution in [0.3, 0.4) is 0 Å². The van der Waals surface area contributed by atoms with Crippen LogP contribution in [0, 0.1) is 0 Å².